The van der Waals surface area contributed by atoms with Gasteiger partial charge in [0.2, 0.25) is 15.8 Å². The van der Waals surface area contributed by atoms with E-state index in [4.69, 9.17) is 37.4 Å². The smallest absolute Gasteiger partial charge is 0.243 e. The van der Waals surface area contributed by atoms with Crippen molar-refractivity contribution in [1.82, 2.24) is 19.1 Å². The fourth-order valence-electron chi connectivity index (χ4n) is 5.27. The summed E-state index contributed by atoms with van der Waals surface area (Å²) in [6.45, 7) is 4.77. The number of nitrogens with zero attached hydrogens (tertiary/aromatic N) is 5. The summed E-state index contributed by atoms with van der Waals surface area (Å²) in [6.07, 6.45) is 2.68. The molecule has 2 atom stereocenters. The molecule has 2 fully saturated rings. The maximum absolute atomic E-state index is 13.0. The number of anilines is 1. The Balaban J connectivity index is 0.00000192. The predicted octanol–water partition coefficient (Wildman–Crippen LogP) is 4.77. The van der Waals surface area contributed by atoms with E-state index in [1.165, 1.54) is 6.33 Å². The number of aromatic nitrogens is 3. The maximum atomic E-state index is 13.0. The summed E-state index contributed by atoms with van der Waals surface area (Å²) < 4.78 is 48.0. The molecule has 11 nitrogen and oxygen atoms in total. The molecule has 2 aliphatic heterocycles. The molecular formula is C30H35Cl4N5O6S. The van der Waals surface area contributed by atoms with Crippen LogP contribution in [0, 0.1) is 6.92 Å². The quantitative estimate of drug-likeness (QED) is 0.241. The highest BCUT2D eigenvalue weighted by Gasteiger charge is 2.45. The lowest BCUT2D eigenvalue weighted by Crippen LogP contribution is -2.48. The second-order valence-electron chi connectivity index (χ2n) is 10.5. The average molecular weight is 736 g/mol. The van der Waals surface area contributed by atoms with Gasteiger partial charge in [0.25, 0.3) is 0 Å². The third-order valence-electron chi connectivity index (χ3n) is 7.57. The largest absolute Gasteiger partial charge is 0.491 e. The number of hydrogen-bond acceptors (Lipinski definition) is 8. The number of aryl methyl sites for hydroxylation is 1. The molecule has 2 saturated heterocycles. The number of rotatable bonds is 9. The Hall–Kier alpha value is -2.65. The normalized spacial score (nSPS) is 19.9. The van der Waals surface area contributed by atoms with E-state index < -0.39 is 15.8 Å². The molecule has 6 rings (SSSR count). The molecule has 0 saturated carbocycles. The minimum absolute atomic E-state index is 0. The Morgan fingerprint density at radius 1 is 0.978 bits per heavy atom. The molecule has 0 radical (unpaired) electrons. The Labute approximate surface area is 290 Å². The topological polar surface area (TPSA) is 131 Å². The van der Waals surface area contributed by atoms with Crippen molar-refractivity contribution in [2.45, 2.75) is 30.3 Å². The molecule has 4 aromatic rings. The molecule has 2 aliphatic rings. The van der Waals surface area contributed by atoms with Gasteiger partial charge in [-0.05, 0) is 55.5 Å². The van der Waals surface area contributed by atoms with Crippen LogP contribution in [0.5, 0.6) is 5.75 Å². The molecule has 0 aliphatic carbocycles. The van der Waals surface area contributed by atoms with Gasteiger partial charge in [-0.25, -0.2) is 18.1 Å². The van der Waals surface area contributed by atoms with Gasteiger partial charge >= 0.3 is 0 Å². The van der Waals surface area contributed by atoms with E-state index in [2.05, 4.69) is 15.0 Å². The molecule has 2 unspecified atom stereocenters. The van der Waals surface area contributed by atoms with Crippen LogP contribution in [0.2, 0.25) is 10.0 Å². The van der Waals surface area contributed by atoms with E-state index in [-0.39, 0.29) is 49.5 Å². The molecule has 3 aromatic carbocycles. The van der Waals surface area contributed by atoms with E-state index in [0.717, 1.165) is 11.3 Å². The van der Waals surface area contributed by atoms with Crippen LogP contribution in [-0.4, -0.2) is 78.5 Å². The molecule has 1 aromatic heterocycles. The van der Waals surface area contributed by atoms with Crippen LogP contribution in [0.15, 0.2) is 84.3 Å². The SMILES string of the molecule is Cc1ccc(S(=O)(=O)N2CCN(c3ccc(OCC4COC(Cn5cncn5)(c5ccc(Cl)cc5Cl)O4)cc3)CC2)cc1.Cl.Cl.O. The summed E-state index contributed by atoms with van der Waals surface area (Å²) in [5.41, 5.74) is 2.68. The number of benzene rings is 3. The Bertz CT molecular complexity index is 1660. The summed E-state index contributed by atoms with van der Waals surface area (Å²) in [7, 11) is -3.51. The van der Waals surface area contributed by atoms with Crippen LogP contribution in [0.4, 0.5) is 5.69 Å². The molecule has 250 valence electrons. The highest BCUT2D eigenvalue weighted by molar-refractivity contribution is 7.89. The van der Waals surface area contributed by atoms with Crippen molar-refractivity contribution >= 4 is 63.7 Å². The van der Waals surface area contributed by atoms with Crippen molar-refractivity contribution in [3.8, 4) is 5.75 Å². The van der Waals surface area contributed by atoms with E-state index in [9.17, 15) is 8.42 Å². The summed E-state index contributed by atoms with van der Waals surface area (Å²) in [6, 6.07) is 19.9. The molecule has 16 heteroatoms. The number of hydrogen-bond donors (Lipinski definition) is 0. The van der Waals surface area contributed by atoms with Gasteiger partial charge in [-0.2, -0.15) is 9.40 Å². The highest BCUT2D eigenvalue weighted by Crippen LogP contribution is 2.40. The first kappa shape index (κ1) is 37.8. The van der Waals surface area contributed by atoms with Gasteiger partial charge in [-0.3, -0.25) is 0 Å². The van der Waals surface area contributed by atoms with Crippen LogP contribution >= 0.6 is 48.0 Å². The Kier molecular flexibility index (Phi) is 13.1. The molecule has 2 N–H and O–H groups in total. The lowest BCUT2D eigenvalue weighted by atomic mass is 10.1. The lowest BCUT2D eigenvalue weighted by molar-refractivity contribution is -0.190. The fourth-order valence-corrected chi connectivity index (χ4v) is 7.25. The first-order chi connectivity index (χ1) is 20.7. The van der Waals surface area contributed by atoms with Gasteiger partial charge < -0.3 is 24.6 Å². The highest BCUT2D eigenvalue weighted by atomic mass is 35.5. The van der Waals surface area contributed by atoms with Crippen molar-refractivity contribution in [2.75, 3.05) is 44.3 Å². The van der Waals surface area contributed by atoms with Gasteiger partial charge in [0.1, 0.15) is 37.7 Å². The van der Waals surface area contributed by atoms with Crippen LogP contribution < -0.4 is 9.64 Å². The van der Waals surface area contributed by atoms with Gasteiger partial charge in [0, 0.05) is 42.5 Å². The van der Waals surface area contributed by atoms with Gasteiger partial charge in [0.15, 0.2) is 0 Å². The van der Waals surface area contributed by atoms with Crippen molar-refractivity contribution < 1.29 is 28.1 Å². The molecule has 3 heterocycles. The van der Waals surface area contributed by atoms with E-state index in [1.54, 1.807) is 45.6 Å². The van der Waals surface area contributed by atoms with Gasteiger partial charge in [0.05, 0.1) is 16.5 Å². The van der Waals surface area contributed by atoms with Crippen molar-refractivity contribution in [2.24, 2.45) is 0 Å². The molecule has 0 amide bonds. The molecule has 0 spiro atoms. The average Bonchev–Trinajstić information content (AvgIpc) is 3.67. The van der Waals surface area contributed by atoms with E-state index >= 15 is 0 Å². The number of ether oxygens (including phenoxy) is 3. The van der Waals surface area contributed by atoms with Gasteiger partial charge in [-0.1, -0.05) is 47.0 Å². The summed E-state index contributed by atoms with van der Waals surface area (Å²) in [5, 5.41) is 5.15. The zero-order valence-corrected chi connectivity index (χ0v) is 28.8. The predicted molar refractivity (Wildman–Crippen MR) is 181 cm³/mol. The molecule has 46 heavy (non-hydrogen) atoms. The summed E-state index contributed by atoms with van der Waals surface area (Å²) >= 11 is 12.7. The first-order valence-electron chi connectivity index (χ1n) is 13.9. The van der Waals surface area contributed by atoms with Crippen molar-refractivity contribution in [3.05, 3.63) is 101 Å². The van der Waals surface area contributed by atoms with Crippen LogP contribution in [-0.2, 0) is 31.8 Å². The fraction of sp³-hybridized carbons (Fsp3) is 0.333. The van der Waals surface area contributed by atoms with Crippen molar-refractivity contribution in [3.63, 3.8) is 0 Å². The van der Waals surface area contributed by atoms with Crippen LogP contribution in [0.3, 0.4) is 0 Å². The zero-order valence-electron chi connectivity index (χ0n) is 24.8. The van der Waals surface area contributed by atoms with Crippen molar-refractivity contribution in [1.29, 1.82) is 0 Å². The van der Waals surface area contributed by atoms with E-state index in [0.29, 0.717) is 59.0 Å². The molecular weight excluding hydrogens is 700 g/mol. The first-order valence-corrected chi connectivity index (χ1v) is 16.1. The zero-order chi connectivity index (χ0) is 30.0. The minimum Gasteiger partial charge on any atom is -0.491 e. The standard InChI is InChI=1S/C30H31Cl2N5O5S.2ClH.H2O/c1-22-2-9-27(10-3-22)43(38,39)37-14-12-35(13-15-37)24-5-7-25(8-6-24)40-17-26-18-41-30(42-26,19-36-21-33-20-34-36)28-11-4-23(31)16-29(28)32;;;/h2-11,16,20-21,26H,12-15,17-19H2,1H3;2*1H;1H2. The maximum Gasteiger partial charge on any atom is 0.243 e. The third-order valence-corrected chi connectivity index (χ3v) is 10.0. The Morgan fingerprint density at radius 3 is 2.30 bits per heavy atom. The molecule has 0 bridgehead atoms. The minimum atomic E-state index is -3.51. The third kappa shape index (κ3) is 8.25. The Morgan fingerprint density at radius 2 is 1.67 bits per heavy atom. The van der Waals surface area contributed by atoms with Gasteiger partial charge in [-0.15, -0.1) is 24.8 Å². The summed E-state index contributed by atoms with van der Waals surface area (Å²) in [5.74, 6) is -0.492. The summed E-state index contributed by atoms with van der Waals surface area (Å²) in [4.78, 5) is 6.52. The van der Waals surface area contributed by atoms with E-state index in [1.807, 2.05) is 43.3 Å². The monoisotopic (exact) mass is 733 g/mol. The second-order valence-corrected chi connectivity index (χ2v) is 13.3. The lowest BCUT2D eigenvalue weighted by Gasteiger charge is -2.35. The number of piperazine rings is 1. The van der Waals surface area contributed by atoms with Crippen LogP contribution in [0.1, 0.15) is 11.1 Å². The second kappa shape index (κ2) is 16.0. The van der Waals surface area contributed by atoms with Crippen LogP contribution in [0.25, 0.3) is 0 Å². The number of halogens is 4. The number of sulfonamides is 1.